The zero-order valence-electron chi connectivity index (χ0n) is 7.21. The second-order valence-electron chi connectivity index (χ2n) is 2.94. The van der Waals surface area contributed by atoms with Crippen molar-refractivity contribution in [1.29, 1.82) is 0 Å². The van der Waals surface area contributed by atoms with Crippen LogP contribution >= 0.6 is 0 Å². The number of hydrogen-bond donors (Lipinski definition) is 0. The standard InChI is InChI=1S/C8H6F3N3/c1-5-2-3-14-6(4-5)12-7(13-14)8(9,10)11/h2-4H,1H3. The van der Waals surface area contributed by atoms with Crippen LogP contribution in [-0.4, -0.2) is 14.6 Å². The molecule has 0 fully saturated rings. The second-order valence-corrected chi connectivity index (χ2v) is 2.94. The average molecular weight is 201 g/mol. The molecule has 0 saturated carbocycles. The molecule has 2 aromatic heterocycles. The van der Waals surface area contributed by atoms with Crippen molar-refractivity contribution < 1.29 is 13.2 Å². The summed E-state index contributed by atoms with van der Waals surface area (Å²) in [7, 11) is 0. The van der Waals surface area contributed by atoms with Crippen molar-refractivity contribution in [2.24, 2.45) is 0 Å². The molecule has 3 nitrogen and oxygen atoms in total. The van der Waals surface area contributed by atoms with Crippen LogP contribution < -0.4 is 0 Å². The average Bonchev–Trinajstić information content (AvgIpc) is 2.45. The first kappa shape index (κ1) is 8.98. The van der Waals surface area contributed by atoms with Crippen LogP contribution in [0.4, 0.5) is 13.2 Å². The molecule has 2 heterocycles. The van der Waals surface area contributed by atoms with Gasteiger partial charge in [0.2, 0.25) is 0 Å². The number of hydrogen-bond acceptors (Lipinski definition) is 2. The van der Waals surface area contributed by atoms with Gasteiger partial charge in [-0.2, -0.15) is 13.2 Å². The van der Waals surface area contributed by atoms with E-state index in [4.69, 9.17) is 0 Å². The minimum absolute atomic E-state index is 0.206. The van der Waals surface area contributed by atoms with Crippen LogP contribution in [0.15, 0.2) is 18.3 Å². The quantitative estimate of drug-likeness (QED) is 0.653. The summed E-state index contributed by atoms with van der Waals surface area (Å²) < 4.78 is 37.7. The molecule has 0 spiro atoms. The van der Waals surface area contributed by atoms with E-state index in [0.717, 1.165) is 10.1 Å². The SMILES string of the molecule is Cc1ccn2nc(C(F)(F)F)nc2c1. The number of fused-ring (bicyclic) bond motifs is 1. The summed E-state index contributed by atoms with van der Waals surface area (Å²) in [5.41, 5.74) is 1.05. The molecule has 0 aromatic carbocycles. The van der Waals surface area contributed by atoms with Gasteiger partial charge in [-0.1, -0.05) is 0 Å². The molecule has 74 valence electrons. The monoisotopic (exact) mass is 201 g/mol. The lowest BCUT2D eigenvalue weighted by Gasteiger charge is -1.96. The zero-order chi connectivity index (χ0) is 10.3. The third-order valence-electron chi connectivity index (χ3n) is 1.75. The highest BCUT2D eigenvalue weighted by molar-refractivity contribution is 5.40. The van der Waals surface area contributed by atoms with E-state index in [1.807, 2.05) is 0 Å². The van der Waals surface area contributed by atoms with Gasteiger partial charge in [-0.3, -0.25) is 0 Å². The molecule has 0 saturated heterocycles. The van der Waals surface area contributed by atoms with Crippen molar-refractivity contribution >= 4 is 5.65 Å². The summed E-state index contributed by atoms with van der Waals surface area (Å²) in [5.74, 6) is -1.11. The van der Waals surface area contributed by atoms with Gasteiger partial charge in [0, 0.05) is 6.20 Å². The van der Waals surface area contributed by atoms with Crippen LogP contribution in [0, 0.1) is 6.92 Å². The molecule has 0 atom stereocenters. The topological polar surface area (TPSA) is 30.2 Å². The summed E-state index contributed by atoms with van der Waals surface area (Å²) in [6.07, 6.45) is -3.03. The predicted octanol–water partition coefficient (Wildman–Crippen LogP) is 2.06. The van der Waals surface area contributed by atoms with E-state index in [0.29, 0.717) is 0 Å². The maximum atomic E-state index is 12.2. The molecule has 0 aliphatic heterocycles. The molecule has 0 unspecified atom stereocenters. The lowest BCUT2D eigenvalue weighted by molar-refractivity contribution is -0.144. The van der Waals surface area contributed by atoms with Crippen LogP contribution in [-0.2, 0) is 6.18 Å². The molecular formula is C8H6F3N3. The molecule has 0 N–H and O–H groups in total. The summed E-state index contributed by atoms with van der Waals surface area (Å²) in [6.45, 7) is 1.78. The Morgan fingerprint density at radius 2 is 2.07 bits per heavy atom. The first-order valence-corrected chi connectivity index (χ1v) is 3.87. The minimum atomic E-state index is -4.49. The van der Waals surface area contributed by atoms with Crippen molar-refractivity contribution in [2.45, 2.75) is 13.1 Å². The summed E-state index contributed by atoms with van der Waals surface area (Å²) >= 11 is 0. The lowest BCUT2D eigenvalue weighted by Crippen LogP contribution is -2.07. The first-order chi connectivity index (χ1) is 6.47. The fourth-order valence-corrected chi connectivity index (χ4v) is 1.10. The fraction of sp³-hybridized carbons (Fsp3) is 0.250. The molecule has 0 aliphatic rings. The summed E-state index contributed by atoms with van der Waals surface area (Å²) in [6, 6.07) is 3.21. The van der Waals surface area contributed by atoms with Gasteiger partial charge in [0.25, 0.3) is 5.82 Å². The Morgan fingerprint density at radius 1 is 1.36 bits per heavy atom. The van der Waals surface area contributed by atoms with Crippen LogP contribution in [0.2, 0.25) is 0 Å². The molecule has 0 bridgehead atoms. The number of alkyl halides is 3. The fourth-order valence-electron chi connectivity index (χ4n) is 1.10. The Bertz CT molecular complexity index is 472. The summed E-state index contributed by atoms with van der Waals surface area (Å²) in [5, 5.41) is 3.31. The van der Waals surface area contributed by atoms with Gasteiger partial charge in [-0.15, -0.1) is 5.10 Å². The van der Waals surface area contributed by atoms with Gasteiger partial charge >= 0.3 is 6.18 Å². The Hall–Kier alpha value is -1.59. The number of aryl methyl sites for hydroxylation is 1. The molecule has 6 heteroatoms. The Kier molecular flexibility index (Phi) is 1.73. The van der Waals surface area contributed by atoms with Gasteiger partial charge in [0.05, 0.1) is 0 Å². The summed E-state index contributed by atoms with van der Waals surface area (Å²) in [4.78, 5) is 3.37. The number of rotatable bonds is 0. The number of halogens is 3. The van der Waals surface area contributed by atoms with E-state index in [2.05, 4.69) is 10.1 Å². The smallest absolute Gasteiger partial charge is 0.221 e. The largest absolute Gasteiger partial charge is 0.453 e. The van der Waals surface area contributed by atoms with Crippen LogP contribution in [0.1, 0.15) is 11.4 Å². The van der Waals surface area contributed by atoms with Crippen molar-refractivity contribution in [2.75, 3.05) is 0 Å². The highest BCUT2D eigenvalue weighted by Crippen LogP contribution is 2.26. The van der Waals surface area contributed by atoms with E-state index >= 15 is 0 Å². The van der Waals surface area contributed by atoms with Crippen molar-refractivity contribution in [3.05, 3.63) is 29.7 Å². The van der Waals surface area contributed by atoms with E-state index in [1.165, 1.54) is 6.20 Å². The minimum Gasteiger partial charge on any atom is -0.221 e. The molecule has 0 aliphatic carbocycles. The number of pyridine rings is 1. The van der Waals surface area contributed by atoms with Crippen molar-refractivity contribution in [3.63, 3.8) is 0 Å². The van der Waals surface area contributed by atoms with E-state index in [9.17, 15) is 13.2 Å². The Morgan fingerprint density at radius 3 is 2.71 bits per heavy atom. The highest BCUT2D eigenvalue weighted by Gasteiger charge is 2.36. The van der Waals surface area contributed by atoms with E-state index in [-0.39, 0.29) is 5.65 Å². The second kappa shape index (κ2) is 2.70. The normalized spacial score (nSPS) is 12.3. The molecule has 0 radical (unpaired) electrons. The number of aromatic nitrogens is 3. The Balaban J connectivity index is 2.63. The third-order valence-corrected chi connectivity index (χ3v) is 1.75. The molecule has 14 heavy (non-hydrogen) atoms. The Labute approximate surface area is 77.2 Å². The van der Waals surface area contributed by atoms with Crippen LogP contribution in [0.5, 0.6) is 0 Å². The molecule has 2 aromatic rings. The van der Waals surface area contributed by atoms with Gasteiger partial charge in [0.1, 0.15) is 0 Å². The molecular weight excluding hydrogens is 195 g/mol. The predicted molar refractivity (Wildman–Crippen MR) is 42.7 cm³/mol. The molecule has 2 rings (SSSR count). The van der Waals surface area contributed by atoms with Crippen LogP contribution in [0.25, 0.3) is 5.65 Å². The van der Waals surface area contributed by atoms with E-state index in [1.54, 1.807) is 19.1 Å². The van der Waals surface area contributed by atoms with Gasteiger partial charge < -0.3 is 0 Å². The first-order valence-electron chi connectivity index (χ1n) is 3.87. The van der Waals surface area contributed by atoms with Crippen molar-refractivity contribution in [1.82, 2.24) is 14.6 Å². The van der Waals surface area contributed by atoms with Crippen LogP contribution in [0.3, 0.4) is 0 Å². The maximum Gasteiger partial charge on any atom is 0.453 e. The number of nitrogens with zero attached hydrogens (tertiary/aromatic N) is 3. The van der Waals surface area contributed by atoms with Gasteiger partial charge in [-0.05, 0) is 24.6 Å². The zero-order valence-corrected chi connectivity index (χ0v) is 7.21. The molecule has 0 amide bonds. The maximum absolute atomic E-state index is 12.2. The van der Waals surface area contributed by atoms with Gasteiger partial charge in [0.15, 0.2) is 5.65 Å². The van der Waals surface area contributed by atoms with Gasteiger partial charge in [-0.25, -0.2) is 9.50 Å². The van der Waals surface area contributed by atoms with Crippen molar-refractivity contribution in [3.8, 4) is 0 Å². The third kappa shape index (κ3) is 1.43. The lowest BCUT2D eigenvalue weighted by atomic mass is 10.3. The highest BCUT2D eigenvalue weighted by atomic mass is 19.4. The van der Waals surface area contributed by atoms with E-state index < -0.39 is 12.0 Å².